The van der Waals surface area contributed by atoms with Crippen LogP contribution in [0.25, 0.3) is 0 Å². The average molecular weight is 478 g/mol. The first-order valence-electron chi connectivity index (χ1n) is 11.2. The summed E-state index contributed by atoms with van der Waals surface area (Å²) < 4.78 is 57.4. The van der Waals surface area contributed by atoms with E-state index >= 15 is 0 Å². The minimum atomic E-state index is -3.46. The summed E-state index contributed by atoms with van der Waals surface area (Å²) >= 11 is 0. The van der Waals surface area contributed by atoms with Crippen LogP contribution in [-0.2, 0) is 26.4 Å². The van der Waals surface area contributed by atoms with Crippen molar-refractivity contribution >= 4 is 19.9 Å². The van der Waals surface area contributed by atoms with E-state index in [4.69, 9.17) is 4.74 Å². The largest absolute Gasteiger partial charge is 0.493 e. The van der Waals surface area contributed by atoms with Crippen LogP contribution in [0.2, 0.25) is 0 Å². The number of sulfonamides is 1. The van der Waals surface area contributed by atoms with Crippen molar-refractivity contribution in [3.8, 4) is 5.75 Å². The van der Waals surface area contributed by atoms with Gasteiger partial charge >= 0.3 is 0 Å². The summed E-state index contributed by atoms with van der Waals surface area (Å²) in [5.74, 6) is 1.46. The van der Waals surface area contributed by atoms with Gasteiger partial charge in [-0.2, -0.15) is 4.31 Å². The van der Waals surface area contributed by atoms with Crippen LogP contribution in [0.4, 0.5) is 0 Å². The Bertz CT molecular complexity index is 1100. The standard InChI is InChI=1S/C24H31NO5S2/c1-19-7-12-24(22-5-3-2-4-6-22)32(28,29)25(19)17-20-8-10-23(11-9-20)30-18-21-13-15-31(26,27)16-14-21/h2-6,8-11,19,21,24H,7,12-18H2,1H3. The summed E-state index contributed by atoms with van der Waals surface area (Å²) in [6.07, 6.45) is 2.76. The molecule has 0 aliphatic carbocycles. The molecule has 2 fully saturated rings. The molecule has 0 amide bonds. The lowest BCUT2D eigenvalue weighted by molar-refractivity contribution is 0.238. The van der Waals surface area contributed by atoms with E-state index in [1.165, 1.54) is 0 Å². The third-order valence-electron chi connectivity index (χ3n) is 6.62. The van der Waals surface area contributed by atoms with E-state index in [1.807, 2.05) is 61.5 Å². The minimum absolute atomic E-state index is 0.0431. The van der Waals surface area contributed by atoms with E-state index in [9.17, 15) is 16.8 Å². The lowest BCUT2D eigenvalue weighted by atomic mass is 10.0. The Kier molecular flexibility index (Phi) is 6.93. The number of hydrogen-bond donors (Lipinski definition) is 0. The van der Waals surface area contributed by atoms with Gasteiger partial charge in [0.2, 0.25) is 10.0 Å². The molecule has 2 saturated heterocycles. The first-order valence-corrected chi connectivity index (χ1v) is 14.5. The zero-order valence-electron chi connectivity index (χ0n) is 18.4. The minimum Gasteiger partial charge on any atom is -0.493 e. The van der Waals surface area contributed by atoms with Gasteiger partial charge in [0.1, 0.15) is 20.8 Å². The second-order valence-corrected chi connectivity index (χ2v) is 13.3. The predicted octanol–water partition coefficient (Wildman–Crippen LogP) is 3.95. The number of rotatable bonds is 6. The van der Waals surface area contributed by atoms with Crippen molar-refractivity contribution in [2.45, 2.75) is 50.4 Å². The maximum absolute atomic E-state index is 13.4. The summed E-state index contributed by atoms with van der Waals surface area (Å²) in [6.45, 7) is 2.82. The molecule has 6 nitrogen and oxygen atoms in total. The third kappa shape index (κ3) is 5.35. The second kappa shape index (κ2) is 9.53. The number of ether oxygens (including phenoxy) is 1. The Morgan fingerprint density at radius 2 is 1.53 bits per heavy atom. The number of nitrogens with zero attached hydrogens (tertiary/aromatic N) is 1. The Hall–Kier alpha value is -1.90. The molecule has 0 aromatic heterocycles. The fraction of sp³-hybridized carbons (Fsp3) is 0.500. The summed E-state index contributed by atoms with van der Waals surface area (Å²) in [5, 5.41) is -0.498. The molecular weight excluding hydrogens is 446 g/mol. The molecule has 4 rings (SSSR count). The van der Waals surface area contributed by atoms with Crippen molar-refractivity contribution < 1.29 is 21.6 Å². The van der Waals surface area contributed by atoms with Crippen LogP contribution in [0.3, 0.4) is 0 Å². The van der Waals surface area contributed by atoms with Crippen LogP contribution in [0, 0.1) is 5.92 Å². The van der Waals surface area contributed by atoms with Crippen LogP contribution in [0.15, 0.2) is 54.6 Å². The summed E-state index contributed by atoms with van der Waals surface area (Å²) in [5.41, 5.74) is 1.77. The highest BCUT2D eigenvalue weighted by atomic mass is 32.2. The van der Waals surface area contributed by atoms with E-state index < -0.39 is 25.1 Å². The van der Waals surface area contributed by atoms with E-state index in [1.54, 1.807) is 4.31 Å². The summed E-state index contributed by atoms with van der Waals surface area (Å²) in [4.78, 5) is 0. The molecule has 2 heterocycles. The van der Waals surface area contributed by atoms with Crippen LogP contribution in [0.5, 0.6) is 5.75 Å². The fourth-order valence-electron chi connectivity index (χ4n) is 4.54. The molecule has 2 atom stereocenters. The van der Waals surface area contributed by atoms with Gasteiger partial charge < -0.3 is 4.74 Å². The molecule has 32 heavy (non-hydrogen) atoms. The molecule has 2 unspecified atom stereocenters. The highest BCUT2D eigenvalue weighted by Gasteiger charge is 2.40. The monoisotopic (exact) mass is 477 g/mol. The number of hydrogen-bond acceptors (Lipinski definition) is 5. The Labute approximate surface area is 191 Å². The van der Waals surface area contributed by atoms with Crippen molar-refractivity contribution in [3.05, 3.63) is 65.7 Å². The van der Waals surface area contributed by atoms with Gasteiger partial charge in [0, 0.05) is 12.6 Å². The lowest BCUT2D eigenvalue weighted by Gasteiger charge is -2.37. The molecule has 2 aliphatic rings. The Balaban J connectivity index is 1.39. The Morgan fingerprint density at radius 3 is 2.19 bits per heavy atom. The molecule has 2 aliphatic heterocycles. The van der Waals surface area contributed by atoms with E-state index in [0.717, 1.165) is 23.3 Å². The fourth-order valence-corrected chi connectivity index (χ4v) is 8.33. The van der Waals surface area contributed by atoms with Gasteiger partial charge in [0.15, 0.2) is 0 Å². The molecule has 0 radical (unpaired) electrons. The van der Waals surface area contributed by atoms with E-state index in [2.05, 4.69) is 0 Å². The predicted molar refractivity (Wildman–Crippen MR) is 126 cm³/mol. The molecule has 0 spiro atoms. The molecule has 0 saturated carbocycles. The normalized spacial score (nSPS) is 25.9. The van der Waals surface area contributed by atoms with Crippen LogP contribution >= 0.6 is 0 Å². The van der Waals surface area contributed by atoms with Crippen molar-refractivity contribution in [1.82, 2.24) is 4.31 Å². The molecule has 8 heteroatoms. The van der Waals surface area contributed by atoms with Gasteiger partial charge in [-0.15, -0.1) is 0 Å². The smallest absolute Gasteiger partial charge is 0.221 e. The zero-order valence-corrected chi connectivity index (χ0v) is 20.0. The van der Waals surface area contributed by atoms with Gasteiger partial charge in [0.05, 0.1) is 18.1 Å². The maximum atomic E-state index is 13.4. The zero-order chi connectivity index (χ0) is 22.8. The van der Waals surface area contributed by atoms with Crippen molar-refractivity contribution in [2.75, 3.05) is 18.1 Å². The molecule has 0 bridgehead atoms. The maximum Gasteiger partial charge on any atom is 0.221 e. The average Bonchev–Trinajstić information content (AvgIpc) is 2.77. The van der Waals surface area contributed by atoms with E-state index in [-0.39, 0.29) is 23.5 Å². The first kappa shape index (κ1) is 23.3. The molecule has 2 aromatic rings. The highest BCUT2D eigenvalue weighted by Crippen LogP contribution is 2.38. The van der Waals surface area contributed by atoms with Gasteiger partial charge in [0.25, 0.3) is 0 Å². The van der Waals surface area contributed by atoms with Crippen LogP contribution < -0.4 is 4.74 Å². The van der Waals surface area contributed by atoms with Crippen molar-refractivity contribution in [1.29, 1.82) is 0 Å². The van der Waals surface area contributed by atoms with Gasteiger partial charge in [-0.25, -0.2) is 16.8 Å². The van der Waals surface area contributed by atoms with Gasteiger partial charge in [-0.1, -0.05) is 42.5 Å². The quantitative estimate of drug-likeness (QED) is 0.629. The van der Waals surface area contributed by atoms with Gasteiger partial charge in [-0.05, 0) is 61.8 Å². The lowest BCUT2D eigenvalue weighted by Crippen LogP contribution is -2.44. The Morgan fingerprint density at radius 1 is 0.875 bits per heavy atom. The van der Waals surface area contributed by atoms with Crippen molar-refractivity contribution in [3.63, 3.8) is 0 Å². The van der Waals surface area contributed by atoms with Gasteiger partial charge in [-0.3, -0.25) is 0 Å². The number of benzene rings is 2. The highest BCUT2D eigenvalue weighted by molar-refractivity contribution is 7.91. The molecule has 2 aromatic carbocycles. The third-order valence-corrected chi connectivity index (χ3v) is 10.7. The summed E-state index contributed by atoms with van der Waals surface area (Å²) in [6, 6.07) is 17.0. The van der Waals surface area contributed by atoms with Crippen LogP contribution in [0.1, 0.15) is 49.0 Å². The topological polar surface area (TPSA) is 80.8 Å². The molecule has 0 N–H and O–H groups in total. The second-order valence-electron chi connectivity index (χ2n) is 8.97. The SMILES string of the molecule is CC1CCC(c2ccccc2)S(=O)(=O)N1Cc1ccc(OCC2CCS(=O)(=O)CC2)cc1. The molecular formula is C24H31NO5S2. The van der Waals surface area contributed by atoms with Crippen molar-refractivity contribution in [2.24, 2.45) is 5.92 Å². The summed E-state index contributed by atoms with van der Waals surface area (Å²) in [7, 11) is -6.32. The van der Waals surface area contributed by atoms with E-state index in [0.29, 0.717) is 32.4 Å². The van der Waals surface area contributed by atoms with Crippen LogP contribution in [-0.4, -0.2) is 45.3 Å². The number of sulfone groups is 1. The first-order chi connectivity index (χ1) is 15.2. The molecule has 174 valence electrons.